The number of fused-ring (bicyclic) bond motifs is 1. The molecule has 6 heteroatoms. The van der Waals surface area contributed by atoms with E-state index < -0.39 is 0 Å². The van der Waals surface area contributed by atoms with Crippen LogP contribution in [0.4, 0.5) is 8.78 Å². The molecule has 0 atom stereocenters. The van der Waals surface area contributed by atoms with E-state index in [-0.39, 0.29) is 17.4 Å². The Kier molecular flexibility index (Phi) is 5.48. The summed E-state index contributed by atoms with van der Waals surface area (Å²) in [4.78, 5) is 14.5. The molecule has 1 aliphatic rings. The highest BCUT2D eigenvalue weighted by Gasteiger charge is 2.25. The van der Waals surface area contributed by atoms with Crippen LogP contribution >= 0.6 is 0 Å². The Bertz CT molecular complexity index is 960. The van der Waals surface area contributed by atoms with Crippen molar-refractivity contribution >= 4 is 16.8 Å². The van der Waals surface area contributed by atoms with Crippen LogP contribution in [0.15, 0.2) is 47.0 Å². The molecule has 0 spiro atoms. The fourth-order valence-corrected chi connectivity index (χ4v) is 3.90. The van der Waals surface area contributed by atoms with Crippen molar-refractivity contribution in [2.75, 3.05) is 19.6 Å². The number of benzene rings is 2. The smallest absolute Gasteiger partial charge is 0.170 e. The van der Waals surface area contributed by atoms with Gasteiger partial charge in [-0.3, -0.25) is 4.79 Å². The third-order valence-electron chi connectivity index (χ3n) is 5.48. The molecule has 3 aromatic rings. The summed E-state index contributed by atoms with van der Waals surface area (Å²) in [5, 5.41) is 5.07. The van der Waals surface area contributed by atoms with Gasteiger partial charge in [0.2, 0.25) is 0 Å². The van der Waals surface area contributed by atoms with Gasteiger partial charge in [-0.05, 0) is 75.3 Å². The number of carbonyl (C=O) groups is 1. The number of carbonyl (C=O) groups excluding carboxylic acids is 1. The minimum Gasteiger partial charge on any atom is -0.356 e. The lowest BCUT2D eigenvalue weighted by molar-refractivity contribution is 0.0972. The number of hydrogen-bond donors (Lipinski definition) is 0. The van der Waals surface area contributed by atoms with Gasteiger partial charge in [-0.25, -0.2) is 8.78 Å². The second kappa shape index (κ2) is 8.19. The Labute approximate surface area is 162 Å². The van der Waals surface area contributed by atoms with Crippen LogP contribution in [-0.2, 0) is 0 Å². The van der Waals surface area contributed by atoms with Crippen LogP contribution < -0.4 is 0 Å². The third-order valence-corrected chi connectivity index (χ3v) is 5.48. The maximum atomic E-state index is 13.3. The first-order valence-electron chi connectivity index (χ1n) is 9.66. The Morgan fingerprint density at radius 3 is 2.54 bits per heavy atom. The van der Waals surface area contributed by atoms with Crippen LogP contribution in [0, 0.1) is 11.6 Å². The molecule has 1 aromatic heterocycles. The number of rotatable bonds is 6. The van der Waals surface area contributed by atoms with Gasteiger partial charge in [-0.2, -0.15) is 0 Å². The summed E-state index contributed by atoms with van der Waals surface area (Å²) in [6, 6.07) is 10.3. The fourth-order valence-electron chi connectivity index (χ4n) is 3.90. The zero-order chi connectivity index (χ0) is 19.5. The molecule has 1 aliphatic heterocycles. The predicted octanol–water partition coefficient (Wildman–Crippen LogP) is 4.95. The highest BCUT2D eigenvalue weighted by Crippen LogP contribution is 2.32. The lowest BCUT2D eigenvalue weighted by Gasteiger charge is -2.31. The van der Waals surface area contributed by atoms with Crippen LogP contribution in [0.2, 0.25) is 0 Å². The average molecular weight is 384 g/mol. The number of nitrogens with zero attached hydrogens (tertiary/aromatic N) is 2. The van der Waals surface area contributed by atoms with E-state index in [0.29, 0.717) is 23.5 Å². The van der Waals surface area contributed by atoms with E-state index in [9.17, 15) is 13.6 Å². The van der Waals surface area contributed by atoms with Crippen molar-refractivity contribution < 1.29 is 18.1 Å². The normalized spacial score (nSPS) is 15.9. The van der Waals surface area contributed by atoms with Crippen molar-refractivity contribution in [2.45, 2.75) is 31.6 Å². The van der Waals surface area contributed by atoms with Gasteiger partial charge in [0, 0.05) is 29.4 Å². The van der Waals surface area contributed by atoms with E-state index in [2.05, 4.69) is 10.1 Å². The van der Waals surface area contributed by atoms with Crippen molar-refractivity contribution in [1.82, 2.24) is 10.1 Å². The van der Waals surface area contributed by atoms with Crippen LogP contribution in [0.3, 0.4) is 0 Å². The van der Waals surface area contributed by atoms with Crippen LogP contribution in [-0.4, -0.2) is 35.5 Å². The van der Waals surface area contributed by atoms with Crippen LogP contribution in [0.5, 0.6) is 0 Å². The van der Waals surface area contributed by atoms with Gasteiger partial charge >= 0.3 is 0 Å². The minimum absolute atomic E-state index is 0.0520. The lowest BCUT2D eigenvalue weighted by atomic mass is 9.91. The summed E-state index contributed by atoms with van der Waals surface area (Å²) in [7, 11) is 0. The molecular formula is C22H22F2N2O2. The first-order chi connectivity index (χ1) is 13.6. The Balaban J connectivity index is 1.26. The number of aromatic nitrogens is 1. The Hall–Kier alpha value is -2.60. The predicted molar refractivity (Wildman–Crippen MR) is 102 cm³/mol. The molecule has 0 radical (unpaired) electrons. The zero-order valence-electron chi connectivity index (χ0n) is 15.5. The molecule has 28 heavy (non-hydrogen) atoms. The number of likely N-dealkylation sites (tertiary alicyclic amines) is 1. The molecule has 0 aliphatic carbocycles. The molecule has 4 rings (SSSR count). The molecular weight excluding hydrogens is 362 g/mol. The molecule has 1 saturated heterocycles. The number of halogens is 2. The van der Waals surface area contributed by atoms with E-state index in [4.69, 9.17) is 4.52 Å². The minimum atomic E-state index is -0.329. The first kappa shape index (κ1) is 18.7. The van der Waals surface area contributed by atoms with Gasteiger partial charge in [0.25, 0.3) is 0 Å². The molecule has 2 heterocycles. The highest BCUT2D eigenvalue weighted by atomic mass is 19.1. The van der Waals surface area contributed by atoms with E-state index in [1.807, 2.05) is 0 Å². The van der Waals surface area contributed by atoms with E-state index >= 15 is 0 Å². The van der Waals surface area contributed by atoms with Gasteiger partial charge < -0.3 is 9.42 Å². The Morgan fingerprint density at radius 1 is 1.07 bits per heavy atom. The summed E-state index contributed by atoms with van der Waals surface area (Å²) < 4.78 is 31.5. The van der Waals surface area contributed by atoms with Gasteiger partial charge in [-0.15, -0.1) is 0 Å². The molecule has 146 valence electrons. The first-order valence-corrected chi connectivity index (χ1v) is 9.66. The number of Topliss-reactive ketones (excluding diaryl/α,β-unsaturated/α-hetero) is 1. The van der Waals surface area contributed by atoms with E-state index in [0.717, 1.165) is 50.0 Å². The summed E-state index contributed by atoms with van der Waals surface area (Å²) in [5.41, 5.74) is 1.98. The van der Waals surface area contributed by atoms with Crippen molar-refractivity contribution in [1.29, 1.82) is 0 Å². The van der Waals surface area contributed by atoms with Gasteiger partial charge in [-0.1, -0.05) is 5.16 Å². The largest absolute Gasteiger partial charge is 0.356 e. The molecule has 0 saturated carbocycles. The highest BCUT2D eigenvalue weighted by molar-refractivity contribution is 5.95. The lowest BCUT2D eigenvalue weighted by Crippen LogP contribution is -2.34. The molecule has 0 bridgehead atoms. The summed E-state index contributed by atoms with van der Waals surface area (Å²) in [6.45, 7) is 2.74. The molecule has 1 fully saturated rings. The quantitative estimate of drug-likeness (QED) is 0.564. The maximum absolute atomic E-state index is 13.3. The topological polar surface area (TPSA) is 46.3 Å². The molecule has 0 N–H and O–H groups in total. The molecule has 4 nitrogen and oxygen atoms in total. The molecule has 0 amide bonds. The van der Waals surface area contributed by atoms with Crippen molar-refractivity contribution in [3.05, 3.63) is 65.4 Å². The average Bonchev–Trinajstić information content (AvgIpc) is 3.12. The number of piperidine rings is 1. The summed E-state index contributed by atoms with van der Waals surface area (Å²) in [5.74, 6) is -0.287. The fraction of sp³-hybridized carbons (Fsp3) is 0.364. The van der Waals surface area contributed by atoms with E-state index in [1.54, 1.807) is 6.07 Å². The molecule has 2 aromatic carbocycles. The summed E-state index contributed by atoms with van der Waals surface area (Å²) >= 11 is 0. The third kappa shape index (κ3) is 4.12. The van der Waals surface area contributed by atoms with Crippen molar-refractivity contribution in [2.24, 2.45) is 0 Å². The van der Waals surface area contributed by atoms with Gasteiger partial charge in [0.1, 0.15) is 11.6 Å². The SMILES string of the molecule is O=C(CCCN1CCC(c2noc3cc(F)ccc23)CC1)c1ccc(F)cc1. The van der Waals surface area contributed by atoms with Gasteiger partial charge in [0.15, 0.2) is 11.4 Å². The Morgan fingerprint density at radius 2 is 1.79 bits per heavy atom. The second-order valence-electron chi connectivity index (χ2n) is 7.36. The maximum Gasteiger partial charge on any atom is 0.170 e. The zero-order valence-corrected chi connectivity index (χ0v) is 15.5. The second-order valence-corrected chi connectivity index (χ2v) is 7.36. The van der Waals surface area contributed by atoms with Crippen molar-refractivity contribution in [3.8, 4) is 0 Å². The summed E-state index contributed by atoms with van der Waals surface area (Å²) in [6.07, 6.45) is 3.17. The van der Waals surface area contributed by atoms with Crippen LogP contribution in [0.1, 0.15) is 47.7 Å². The number of hydrogen-bond acceptors (Lipinski definition) is 4. The standard InChI is InChI=1S/C22H22F2N2O2/c23-17-5-3-15(4-6-17)20(27)2-1-11-26-12-9-16(10-13-26)22-19-8-7-18(24)14-21(19)28-25-22/h3-8,14,16H,1-2,9-13H2. The monoisotopic (exact) mass is 384 g/mol. The number of ketones is 1. The molecule has 0 unspecified atom stereocenters. The van der Waals surface area contributed by atoms with Crippen molar-refractivity contribution in [3.63, 3.8) is 0 Å². The van der Waals surface area contributed by atoms with Crippen LogP contribution in [0.25, 0.3) is 11.0 Å². The van der Waals surface area contributed by atoms with Gasteiger partial charge in [0.05, 0.1) is 5.69 Å². The van der Waals surface area contributed by atoms with E-state index in [1.165, 1.54) is 36.4 Å².